The van der Waals surface area contributed by atoms with Crippen LogP contribution in [0.4, 0.5) is 43.3 Å². The van der Waals surface area contributed by atoms with Crippen molar-refractivity contribution in [2.24, 2.45) is 0 Å². The van der Waals surface area contributed by atoms with Gasteiger partial charge in [-0.15, -0.1) is 0 Å². The number of anilines is 6. The number of hydrogen-bond donors (Lipinski definition) is 5. The van der Waals surface area contributed by atoms with Crippen molar-refractivity contribution in [2.45, 2.75) is 76.8 Å². The van der Waals surface area contributed by atoms with Gasteiger partial charge in [0.2, 0.25) is 17.8 Å². The highest BCUT2D eigenvalue weighted by atomic mass is 79.9. The number of pyridine rings is 1. The number of aromatic nitrogens is 3. The average molecular weight is 988 g/mol. The highest BCUT2D eigenvalue weighted by molar-refractivity contribution is 9.10. The fraction of sp³-hybridized carbons (Fsp3) is 0.438. The van der Waals surface area contributed by atoms with E-state index in [-0.39, 0.29) is 18.4 Å². The van der Waals surface area contributed by atoms with Crippen molar-refractivity contribution in [3.8, 4) is 5.75 Å². The molecule has 0 radical (unpaired) electrons. The number of nitrogens with one attached hydrogen (secondary N) is 5. The Labute approximate surface area is 393 Å². The zero-order valence-corrected chi connectivity index (χ0v) is 40.6. The molecule has 0 saturated carbocycles. The molecule has 5 N–H and O–H groups in total. The summed E-state index contributed by atoms with van der Waals surface area (Å²) in [6.45, 7) is 12.4. The molecule has 8 rings (SSSR count). The lowest BCUT2D eigenvalue weighted by molar-refractivity contribution is -0.134. The molecule has 0 spiro atoms. The Hall–Kier alpha value is -5.22. The van der Waals surface area contributed by atoms with E-state index >= 15 is 8.78 Å². The fourth-order valence-electron chi connectivity index (χ4n) is 9.47. The molecule has 3 aromatic carbocycles. The standard InChI is InChI=1S/C48H58BrF2N10O4P/c1-6-29-23-40(57-48-54-27-35(49)46(59-48)56-39-11-10-38-33(8-7-28(2)55-38)45(39)66(4,5)64)42(65-3)26-41(29)61-21-15-31(16-22-61)53-18-17-52-30-13-19-60(20-14-30)32-24-36(50)44(37(51)25-32)34-9-12-43(62)58-47(34)63/h7-8,10-11,23-27,30-31,34,52-53H,6,9,12-22H2,1-5H3,(H,58,62,63)(H2,54,56,57,59). The van der Waals surface area contributed by atoms with Gasteiger partial charge < -0.3 is 40.4 Å². The first kappa shape index (κ1) is 47.3. The summed E-state index contributed by atoms with van der Waals surface area (Å²) in [5.74, 6) is -2.00. The molecule has 1 unspecified atom stereocenters. The lowest BCUT2D eigenvalue weighted by Crippen LogP contribution is -2.47. The van der Waals surface area contributed by atoms with Gasteiger partial charge in [0.15, 0.2) is 0 Å². The topological polar surface area (TPSA) is 166 Å². The Bertz CT molecular complexity index is 2650. The highest BCUT2D eigenvalue weighted by Crippen LogP contribution is 2.42. The molecule has 2 amide bonds. The van der Waals surface area contributed by atoms with E-state index in [0.717, 1.165) is 91.6 Å². The van der Waals surface area contributed by atoms with Crippen molar-refractivity contribution in [1.82, 2.24) is 30.9 Å². The summed E-state index contributed by atoms with van der Waals surface area (Å²) in [5, 5.41) is 18.0. The minimum absolute atomic E-state index is 0.0598. The number of imide groups is 1. The van der Waals surface area contributed by atoms with E-state index in [4.69, 9.17) is 9.72 Å². The zero-order chi connectivity index (χ0) is 46.7. The van der Waals surface area contributed by atoms with E-state index < -0.39 is 36.5 Å². The summed E-state index contributed by atoms with van der Waals surface area (Å²) in [6, 6.07) is 15.3. The maximum absolute atomic E-state index is 15.2. The van der Waals surface area contributed by atoms with Gasteiger partial charge in [-0.2, -0.15) is 4.98 Å². The number of rotatable bonds is 15. The molecule has 3 saturated heterocycles. The molecule has 2 aromatic heterocycles. The van der Waals surface area contributed by atoms with Crippen molar-refractivity contribution in [1.29, 1.82) is 0 Å². The number of carbonyl (C=O) groups excluding carboxylic acids is 2. The van der Waals surface area contributed by atoms with Crippen LogP contribution >= 0.6 is 23.1 Å². The number of ether oxygens (including phenoxy) is 1. The Balaban J connectivity index is 0.823. The van der Waals surface area contributed by atoms with E-state index in [9.17, 15) is 14.2 Å². The number of benzene rings is 3. The molecule has 66 heavy (non-hydrogen) atoms. The minimum atomic E-state index is -2.74. The first-order valence-electron chi connectivity index (χ1n) is 22.7. The first-order chi connectivity index (χ1) is 31.7. The largest absolute Gasteiger partial charge is 0.494 e. The van der Waals surface area contributed by atoms with Crippen LogP contribution in [0.2, 0.25) is 0 Å². The monoisotopic (exact) mass is 986 g/mol. The normalized spacial score (nSPS) is 17.6. The second-order valence-corrected chi connectivity index (χ2v) is 21.8. The van der Waals surface area contributed by atoms with Crippen LogP contribution in [0.5, 0.6) is 5.75 Å². The van der Waals surface area contributed by atoms with Crippen molar-refractivity contribution in [2.75, 3.05) is 80.1 Å². The van der Waals surface area contributed by atoms with Crippen LogP contribution in [0.25, 0.3) is 10.9 Å². The van der Waals surface area contributed by atoms with Crippen molar-refractivity contribution in [3.63, 3.8) is 0 Å². The number of halogens is 3. The molecule has 14 nitrogen and oxygen atoms in total. The summed E-state index contributed by atoms with van der Waals surface area (Å²) in [7, 11) is -1.07. The third-order valence-corrected chi connectivity index (χ3v) is 15.0. The van der Waals surface area contributed by atoms with Crippen LogP contribution in [0.3, 0.4) is 0 Å². The summed E-state index contributed by atoms with van der Waals surface area (Å²) in [4.78, 5) is 42.3. The number of aryl methyl sites for hydroxylation is 2. The summed E-state index contributed by atoms with van der Waals surface area (Å²) in [5.41, 5.74) is 5.67. The van der Waals surface area contributed by atoms with Gasteiger partial charge in [0, 0.05) is 103 Å². The lowest BCUT2D eigenvalue weighted by Gasteiger charge is -2.36. The molecule has 3 aliphatic heterocycles. The van der Waals surface area contributed by atoms with Crippen LogP contribution in [-0.4, -0.2) is 98.6 Å². The highest BCUT2D eigenvalue weighted by Gasteiger charge is 2.33. The first-order valence-corrected chi connectivity index (χ1v) is 26.1. The molecule has 1 atom stereocenters. The van der Waals surface area contributed by atoms with E-state index in [1.54, 1.807) is 26.6 Å². The van der Waals surface area contributed by atoms with E-state index in [2.05, 4.69) is 76.4 Å². The third kappa shape index (κ3) is 10.6. The number of carbonyl (C=O) groups is 2. The number of piperidine rings is 3. The maximum Gasteiger partial charge on any atom is 0.234 e. The Morgan fingerprint density at radius 3 is 2.15 bits per heavy atom. The van der Waals surface area contributed by atoms with Gasteiger partial charge in [-0.3, -0.25) is 19.9 Å². The number of nitrogens with zero attached hydrogens (tertiary/aromatic N) is 5. The quantitative estimate of drug-likeness (QED) is 0.0390. The van der Waals surface area contributed by atoms with Crippen LogP contribution < -0.4 is 46.4 Å². The molecule has 18 heteroatoms. The molecule has 5 aromatic rings. The predicted octanol–water partition coefficient (Wildman–Crippen LogP) is 8.02. The van der Waals surface area contributed by atoms with E-state index in [1.165, 1.54) is 17.7 Å². The van der Waals surface area contributed by atoms with Crippen LogP contribution in [0, 0.1) is 18.6 Å². The Kier molecular flexibility index (Phi) is 14.6. The van der Waals surface area contributed by atoms with Crippen LogP contribution in [-0.2, 0) is 20.6 Å². The van der Waals surface area contributed by atoms with Crippen molar-refractivity contribution >= 4 is 85.6 Å². The minimum Gasteiger partial charge on any atom is -0.494 e. The number of methoxy groups -OCH3 is 1. The molecular weight excluding hydrogens is 929 g/mol. The van der Waals surface area contributed by atoms with Crippen LogP contribution in [0.15, 0.2) is 59.2 Å². The van der Waals surface area contributed by atoms with Crippen molar-refractivity contribution in [3.05, 3.63) is 87.7 Å². The van der Waals surface area contributed by atoms with Gasteiger partial charge in [-0.1, -0.05) is 13.0 Å². The van der Waals surface area contributed by atoms with Gasteiger partial charge in [0.25, 0.3) is 0 Å². The second kappa shape index (κ2) is 20.3. The summed E-state index contributed by atoms with van der Waals surface area (Å²) < 4.78 is 50.6. The molecular formula is C48H58BrF2N10O4P. The van der Waals surface area contributed by atoms with Gasteiger partial charge in [0.05, 0.1) is 34.4 Å². The molecule has 0 aliphatic carbocycles. The summed E-state index contributed by atoms with van der Waals surface area (Å²) >= 11 is 3.61. The smallest absolute Gasteiger partial charge is 0.234 e. The molecule has 3 aliphatic rings. The van der Waals surface area contributed by atoms with Gasteiger partial charge >= 0.3 is 0 Å². The number of fused-ring (bicyclic) bond motifs is 1. The van der Waals surface area contributed by atoms with E-state index in [0.29, 0.717) is 58.5 Å². The molecule has 350 valence electrons. The maximum atomic E-state index is 15.2. The molecule has 5 heterocycles. The lowest BCUT2D eigenvalue weighted by atomic mass is 9.89. The Morgan fingerprint density at radius 1 is 0.864 bits per heavy atom. The molecule has 0 bridgehead atoms. The fourth-order valence-corrected chi connectivity index (χ4v) is 11.2. The van der Waals surface area contributed by atoms with E-state index in [1.807, 2.05) is 36.1 Å². The molecule has 3 fully saturated rings. The third-order valence-electron chi connectivity index (χ3n) is 12.9. The number of amides is 2. The van der Waals surface area contributed by atoms with Gasteiger partial charge in [-0.25, -0.2) is 13.8 Å². The second-order valence-electron chi connectivity index (χ2n) is 17.8. The Morgan fingerprint density at radius 2 is 1.53 bits per heavy atom. The van der Waals surface area contributed by atoms with Crippen LogP contribution in [0.1, 0.15) is 68.2 Å². The zero-order valence-electron chi connectivity index (χ0n) is 38.1. The summed E-state index contributed by atoms with van der Waals surface area (Å²) in [6.07, 6.45) is 6.35. The number of hydrogen-bond acceptors (Lipinski definition) is 13. The average Bonchev–Trinajstić information content (AvgIpc) is 3.29. The van der Waals surface area contributed by atoms with Gasteiger partial charge in [0.1, 0.15) is 30.3 Å². The predicted molar refractivity (Wildman–Crippen MR) is 262 cm³/mol. The van der Waals surface area contributed by atoms with Crippen molar-refractivity contribution < 1.29 is 27.7 Å². The van der Waals surface area contributed by atoms with Gasteiger partial charge in [-0.05, 0) is 117 Å². The SMILES string of the molecule is CCc1cc(Nc2ncc(Br)c(Nc3ccc4nc(C)ccc4c3P(C)(C)=O)n2)c(OC)cc1N1CCC(NCCNC2CCN(c3cc(F)c(C4CCC(=O)NC4=O)c(F)c3)CC2)CC1.